The zero-order chi connectivity index (χ0) is 10.1. The highest BCUT2D eigenvalue weighted by molar-refractivity contribution is 5.61. The summed E-state index contributed by atoms with van der Waals surface area (Å²) < 4.78 is 0. The van der Waals surface area contributed by atoms with Gasteiger partial charge in [-0.3, -0.25) is 0 Å². The van der Waals surface area contributed by atoms with E-state index in [4.69, 9.17) is 5.73 Å². The van der Waals surface area contributed by atoms with E-state index in [1.165, 1.54) is 11.3 Å². The fourth-order valence-electron chi connectivity index (χ4n) is 1.88. The first-order valence-electron chi connectivity index (χ1n) is 4.95. The first-order chi connectivity index (χ1) is 6.66. The van der Waals surface area contributed by atoms with Crippen LogP contribution in [-0.2, 0) is 6.54 Å². The van der Waals surface area contributed by atoms with Gasteiger partial charge in [0.25, 0.3) is 0 Å². The Kier molecular flexibility index (Phi) is 2.33. The average molecular weight is 191 g/mol. The third-order valence-corrected chi connectivity index (χ3v) is 2.78. The average Bonchev–Trinajstić information content (AvgIpc) is 2.29. The Morgan fingerprint density at radius 2 is 2.00 bits per heavy atom. The van der Waals surface area contributed by atoms with Gasteiger partial charge in [0.2, 0.25) is 0 Å². The summed E-state index contributed by atoms with van der Waals surface area (Å²) in [6, 6.07) is 6.17. The first kappa shape index (κ1) is 9.34. The summed E-state index contributed by atoms with van der Waals surface area (Å²) >= 11 is 0. The highest BCUT2D eigenvalue weighted by Crippen LogP contribution is 2.25. The van der Waals surface area contributed by atoms with Crippen LogP contribution in [-0.4, -0.2) is 32.1 Å². The fraction of sp³-hybridized carbons (Fsp3) is 0.455. The quantitative estimate of drug-likeness (QED) is 0.624. The molecule has 14 heavy (non-hydrogen) atoms. The van der Waals surface area contributed by atoms with Gasteiger partial charge in [-0.2, -0.15) is 0 Å². The van der Waals surface area contributed by atoms with E-state index in [9.17, 15) is 0 Å². The molecule has 2 N–H and O–H groups in total. The lowest BCUT2D eigenvalue weighted by Crippen LogP contribution is -2.26. The molecule has 0 radical (unpaired) electrons. The molecule has 0 amide bonds. The Balaban J connectivity index is 2.42. The third-order valence-electron chi connectivity index (χ3n) is 2.78. The maximum atomic E-state index is 5.79. The lowest BCUT2D eigenvalue weighted by Gasteiger charge is -2.18. The standard InChI is InChI=1S/C11H17N3/c1-13-5-6-14(2)11-7-10(12)4-3-9(11)8-13/h3-4,7H,5-6,8,12H2,1-2H3. The number of hydrogen-bond donors (Lipinski definition) is 1. The van der Waals surface area contributed by atoms with Gasteiger partial charge in [0, 0.05) is 38.1 Å². The van der Waals surface area contributed by atoms with Gasteiger partial charge in [-0.05, 0) is 24.7 Å². The van der Waals surface area contributed by atoms with Crippen molar-refractivity contribution >= 4 is 11.4 Å². The summed E-state index contributed by atoms with van der Waals surface area (Å²) in [7, 11) is 4.27. The fourth-order valence-corrected chi connectivity index (χ4v) is 1.88. The SMILES string of the molecule is CN1CCN(C)c2cc(N)ccc2C1. The molecule has 1 aliphatic rings. The van der Waals surface area contributed by atoms with Crippen molar-refractivity contribution in [3.05, 3.63) is 23.8 Å². The Morgan fingerprint density at radius 1 is 1.21 bits per heavy atom. The van der Waals surface area contributed by atoms with Crippen molar-refractivity contribution in [1.82, 2.24) is 4.90 Å². The van der Waals surface area contributed by atoms with E-state index in [0.717, 1.165) is 25.3 Å². The summed E-state index contributed by atoms with van der Waals surface area (Å²) in [6.45, 7) is 3.18. The molecule has 0 fully saturated rings. The van der Waals surface area contributed by atoms with Crippen LogP contribution in [0.15, 0.2) is 18.2 Å². The second-order valence-corrected chi connectivity index (χ2v) is 4.05. The number of fused-ring (bicyclic) bond motifs is 1. The first-order valence-corrected chi connectivity index (χ1v) is 4.95. The van der Waals surface area contributed by atoms with Crippen molar-refractivity contribution in [3.63, 3.8) is 0 Å². The number of nitrogens with zero attached hydrogens (tertiary/aromatic N) is 2. The maximum absolute atomic E-state index is 5.79. The molecular formula is C11H17N3. The number of nitrogen functional groups attached to an aromatic ring is 1. The summed E-state index contributed by atoms with van der Waals surface area (Å²) in [5.41, 5.74) is 9.27. The number of likely N-dealkylation sites (N-methyl/N-ethyl adjacent to an activating group) is 2. The van der Waals surface area contributed by atoms with Crippen LogP contribution >= 0.6 is 0 Å². The van der Waals surface area contributed by atoms with Crippen LogP contribution in [0.2, 0.25) is 0 Å². The van der Waals surface area contributed by atoms with Gasteiger partial charge in [0.05, 0.1) is 0 Å². The van der Waals surface area contributed by atoms with Gasteiger partial charge in [0.1, 0.15) is 0 Å². The minimum atomic E-state index is 0.847. The number of nitrogens with two attached hydrogens (primary N) is 1. The van der Waals surface area contributed by atoms with Gasteiger partial charge in [-0.1, -0.05) is 6.07 Å². The molecule has 76 valence electrons. The Hall–Kier alpha value is -1.22. The molecule has 2 rings (SSSR count). The number of rotatable bonds is 0. The van der Waals surface area contributed by atoms with Crippen LogP contribution < -0.4 is 10.6 Å². The molecule has 0 atom stereocenters. The van der Waals surface area contributed by atoms with Gasteiger partial charge in [-0.15, -0.1) is 0 Å². The van der Waals surface area contributed by atoms with Crippen LogP contribution in [0.3, 0.4) is 0 Å². The number of benzene rings is 1. The number of anilines is 2. The number of hydrogen-bond acceptors (Lipinski definition) is 3. The molecule has 0 aromatic heterocycles. The molecule has 1 aromatic rings. The zero-order valence-electron chi connectivity index (χ0n) is 8.83. The van der Waals surface area contributed by atoms with Gasteiger partial charge >= 0.3 is 0 Å². The molecule has 0 spiro atoms. The maximum Gasteiger partial charge on any atom is 0.0430 e. The Labute approximate surface area is 85.1 Å². The van der Waals surface area contributed by atoms with Crippen molar-refractivity contribution in [2.45, 2.75) is 6.54 Å². The highest BCUT2D eigenvalue weighted by Gasteiger charge is 2.14. The van der Waals surface area contributed by atoms with Crippen molar-refractivity contribution < 1.29 is 0 Å². The third kappa shape index (κ3) is 1.68. The Bertz CT molecular complexity index is 335. The molecule has 0 unspecified atom stereocenters. The molecule has 3 nitrogen and oxygen atoms in total. The lowest BCUT2D eigenvalue weighted by molar-refractivity contribution is 0.342. The van der Waals surface area contributed by atoms with E-state index >= 15 is 0 Å². The van der Waals surface area contributed by atoms with Crippen molar-refractivity contribution in [2.24, 2.45) is 0 Å². The summed E-state index contributed by atoms with van der Waals surface area (Å²) in [5.74, 6) is 0. The van der Waals surface area contributed by atoms with Crippen LogP contribution in [0.25, 0.3) is 0 Å². The molecule has 1 aliphatic heterocycles. The largest absolute Gasteiger partial charge is 0.399 e. The van der Waals surface area contributed by atoms with Crippen LogP contribution in [0.4, 0.5) is 11.4 Å². The van der Waals surface area contributed by atoms with E-state index in [0.29, 0.717) is 0 Å². The van der Waals surface area contributed by atoms with Gasteiger partial charge < -0.3 is 15.5 Å². The van der Waals surface area contributed by atoms with E-state index in [2.05, 4.69) is 36.0 Å². The Morgan fingerprint density at radius 3 is 2.79 bits per heavy atom. The van der Waals surface area contributed by atoms with Gasteiger partial charge in [-0.25, -0.2) is 0 Å². The zero-order valence-corrected chi connectivity index (χ0v) is 8.83. The second-order valence-electron chi connectivity index (χ2n) is 4.05. The molecule has 3 heteroatoms. The molecule has 0 aliphatic carbocycles. The molecular weight excluding hydrogens is 174 g/mol. The molecule has 1 aromatic carbocycles. The normalized spacial score (nSPS) is 17.7. The van der Waals surface area contributed by atoms with Crippen LogP contribution in [0, 0.1) is 0 Å². The van der Waals surface area contributed by atoms with E-state index < -0.39 is 0 Å². The lowest BCUT2D eigenvalue weighted by atomic mass is 10.1. The van der Waals surface area contributed by atoms with E-state index in [-0.39, 0.29) is 0 Å². The highest BCUT2D eigenvalue weighted by atomic mass is 15.2. The van der Waals surface area contributed by atoms with Crippen LogP contribution in [0.5, 0.6) is 0 Å². The molecule has 1 heterocycles. The monoisotopic (exact) mass is 191 g/mol. The van der Waals surface area contributed by atoms with E-state index in [1.807, 2.05) is 6.07 Å². The summed E-state index contributed by atoms with van der Waals surface area (Å²) in [5, 5.41) is 0. The van der Waals surface area contributed by atoms with Crippen molar-refractivity contribution in [2.75, 3.05) is 37.8 Å². The smallest absolute Gasteiger partial charge is 0.0430 e. The minimum Gasteiger partial charge on any atom is -0.399 e. The van der Waals surface area contributed by atoms with Gasteiger partial charge in [0.15, 0.2) is 0 Å². The summed E-state index contributed by atoms with van der Waals surface area (Å²) in [6.07, 6.45) is 0. The minimum absolute atomic E-state index is 0.847. The molecule has 0 saturated carbocycles. The molecule has 0 saturated heterocycles. The summed E-state index contributed by atoms with van der Waals surface area (Å²) in [4.78, 5) is 4.60. The topological polar surface area (TPSA) is 32.5 Å². The predicted molar refractivity (Wildman–Crippen MR) is 60.5 cm³/mol. The van der Waals surface area contributed by atoms with Crippen molar-refractivity contribution in [1.29, 1.82) is 0 Å². The van der Waals surface area contributed by atoms with Crippen LogP contribution in [0.1, 0.15) is 5.56 Å². The van der Waals surface area contributed by atoms with Crippen molar-refractivity contribution in [3.8, 4) is 0 Å². The van der Waals surface area contributed by atoms with E-state index in [1.54, 1.807) is 0 Å². The second kappa shape index (κ2) is 3.50. The molecule has 0 bridgehead atoms. The predicted octanol–water partition coefficient (Wildman–Crippen LogP) is 1.15.